The second kappa shape index (κ2) is 7.14. The van der Waals surface area contributed by atoms with E-state index in [4.69, 9.17) is 9.47 Å². The number of allylic oxidation sites excluding steroid dienone is 1. The van der Waals surface area contributed by atoms with Crippen molar-refractivity contribution in [1.29, 1.82) is 0 Å². The summed E-state index contributed by atoms with van der Waals surface area (Å²) in [6.45, 7) is 0. The van der Waals surface area contributed by atoms with Crippen LogP contribution in [0, 0.1) is 0 Å². The standard InChI is InChI=1S/C17H17NO3/c1-20-14-7-5-6-13(12-14)16(19)10-11-18-15-8-3-4-9-17(15)21-2/h3-12,18H,1-2H3/b11-10-. The van der Waals surface area contributed by atoms with E-state index < -0.39 is 0 Å². The first-order valence-electron chi connectivity index (χ1n) is 6.49. The van der Waals surface area contributed by atoms with E-state index in [2.05, 4.69) is 5.32 Å². The highest BCUT2D eigenvalue weighted by molar-refractivity contribution is 6.04. The largest absolute Gasteiger partial charge is 0.497 e. The molecule has 0 aromatic heterocycles. The summed E-state index contributed by atoms with van der Waals surface area (Å²) in [4.78, 5) is 12.0. The molecule has 2 rings (SSSR count). The van der Waals surface area contributed by atoms with E-state index in [1.807, 2.05) is 24.3 Å². The van der Waals surface area contributed by atoms with Gasteiger partial charge in [0.2, 0.25) is 0 Å². The fourth-order valence-corrected chi connectivity index (χ4v) is 1.84. The Hall–Kier alpha value is -2.75. The molecule has 0 heterocycles. The van der Waals surface area contributed by atoms with E-state index in [1.54, 1.807) is 44.7 Å². The number of nitrogens with one attached hydrogen (secondary N) is 1. The molecule has 0 atom stereocenters. The van der Waals surface area contributed by atoms with E-state index in [9.17, 15) is 4.79 Å². The second-order valence-corrected chi connectivity index (χ2v) is 4.27. The van der Waals surface area contributed by atoms with Crippen LogP contribution in [0.1, 0.15) is 10.4 Å². The second-order valence-electron chi connectivity index (χ2n) is 4.27. The van der Waals surface area contributed by atoms with E-state index in [0.717, 1.165) is 11.4 Å². The minimum atomic E-state index is -0.101. The van der Waals surface area contributed by atoms with Crippen molar-refractivity contribution in [3.05, 3.63) is 66.4 Å². The summed E-state index contributed by atoms with van der Waals surface area (Å²) in [7, 11) is 3.17. The summed E-state index contributed by atoms with van der Waals surface area (Å²) < 4.78 is 10.3. The Bertz CT molecular complexity index is 650. The Morgan fingerprint density at radius 3 is 2.62 bits per heavy atom. The van der Waals surface area contributed by atoms with Crippen LogP contribution in [-0.2, 0) is 0 Å². The first-order valence-corrected chi connectivity index (χ1v) is 6.49. The predicted octanol–water partition coefficient (Wildman–Crippen LogP) is 3.51. The van der Waals surface area contributed by atoms with Crippen molar-refractivity contribution in [1.82, 2.24) is 0 Å². The topological polar surface area (TPSA) is 47.6 Å². The third-order valence-electron chi connectivity index (χ3n) is 2.93. The quantitative estimate of drug-likeness (QED) is 0.651. The van der Waals surface area contributed by atoms with Gasteiger partial charge >= 0.3 is 0 Å². The molecular weight excluding hydrogens is 266 g/mol. The molecule has 108 valence electrons. The van der Waals surface area contributed by atoms with Gasteiger partial charge in [-0.05, 0) is 24.3 Å². The van der Waals surface area contributed by atoms with Crippen LogP contribution < -0.4 is 14.8 Å². The van der Waals surface area contributed by atoms with Crippen molar-refractivity contribution in [3.8, 4) is 11.5 Å². The molecule has 0 amide bonds. The molecule has 4 nitrogen and oxygen atoms in total. The minimum absolute atomic E-state index is 0.101. The lowest BCUT2D eigenvalue weighted by Crippen LogP contribution is -1.98. The lowest BCUT2D eigenvalue weighted by Gasteiger charge is -2.07. The zero-order chi connectivity index (χ0) is 15.1. The van der Waals surface area contributed by atoms with E-state index >= 15 is 0 Å². The fraction of sp³-hybridized carbons (Fsp3) is 0.118. The molecular formula is C17H17NO3. The molecule has 0 saturated carbocycles. The van der Waals surface area contributed by atoms with Gasteiger partial charge in [0.25, 0.3) is 0 Å². The van der Waals surface area contributed by atoms with Gasteiger partial charge in [-0.25, -0.2) is 0 Å². The van der Waals surface area contributed by atoms with Crippen LogP contribution in [0.3, 0.4) is 0 Å². The number of rotatable bonds is 6. The summed E-state index contributed by atoms with van der Waals surface area (Å²) in [5.41, 5.74) is 1.38. The molecule has 0 aliphatic heterocycles. The van der Waals surface area contributed by atoms with Crippen LogP contribution in [0.2, 0.25) is 0 Å². The summed E-state index contributed by atoms with van der Waals surface area (Å²) in [5.74, 6) is 1.28. The lowest BCUT2D eigenvalue weighted by molar-refractivity contribution is 0.104. The van der Waals surface area contributed by atoms with Crippen LogP contribution in [0.15, 0.2) is 60.8 Å². The van der Waals surface area contributed by atoms with Gasteiger partial charge in [-0.2, -0.15) is 0 Å². The zero-order valence-electron chi connectivity index (χ0n) is 12.0. The van der Waals surface area contributed by atoms with Gasteiger partial charge in [-0.15, -0.1) is 0 Å². The van der Waals surface area contributed by atoms with Gasteiger partial charge in [0.1, 0.15) is 11.5 Å². The SMILES string of the molecule is COc1cccc(C(=O)/C=C\Nc2ccccc2OC)c1. The Morgan fingerprint density at radius 1 is 1.05 bits per heavy atom. The number of methoxy groups -OCH3 is 2. The van der Waals surface area contributed by atoms with Crippen molar-refractivity contribution < 1.29 is 14.3 Å². The van der Waals surface area contributed by atoms with E-state index in [0.29, 0.717) is 11.3 Å². The Balaban J connectivity index is 2.05. The van der Waals surface area contributed by atoms with Crippen LogP contribution in [0.4, 0.5) is 5.69 Å². The molecule has 0 bridgehead atoms. The van der Waals surface area contributed by atoms with Crippen molar-refractivity contribution in [3.63, 3.8) is 0 Å². The highest BCUT2D eigenvalue weighted by atomic mass is 16.5. The molecule has 4 heteroatoms. The van der Waals surface area contributed by atoms with Gasteiger partial charge in [0.15, 0.2) is 5.78 Å². The van der Waals surface area contributed by atoms with Gasteiger partial charge in [0, 0.05) is 17.8 Å². The van der Waals surface area contributed by atoms with E-state index in [-0.39, 0.29) is 5.78 Å². The first-order chi connectivity index (χ1) is 10.2. The summed E-state index contributed by atoms with van der Waals surface area (Å²) in [5, 5.41) is 3.04. The molecule has 0 aliphatic rings. The molecule has 0 spiro atoms. The monoisotopic (exact) mass is 283 g/mol. The Morgan fingerprint density at radius 2 is 1.86 bits per heavy atom. The smallest absolute Gasteiger partial charge is 0.187 e. The molecule has 0 saturated heterocycles. The summed E-state index contributed by atoms with van der Waals surface area (Å²) in [6.07, 6.45) is 3.07. The molecule has 0 radical (unpaired) electrons. The minimum Gasteiger partial charge on any atom is -0.497 e. The maximum absolute atomic E-state index is 12.0. The van der Waals surface area contributed by atoms with Crippen LogP contribution >= 0.6 is 0 Å². The molecule has 2 aromatic carbocycles. The first kappa shape index (κ1) is 14.7. The highest BCUT2D eigenvalue weighted by Gasteiger charge is 2.03. The average Bonchev–Trinajstić information content (AvgIpc) is 2.55. The number of para-hydroxylation sites is 2. The molecule has 0 unspecified atom stereocenters. The highest BCUT2D eigenvalue weighted by Crippen LogP contribution is 2.22. The lowest BCUT2D eigenvalue weighted by atomic mass is 10.1. The molecule has 2 aromatic rings. The number of ether oxygens (including phenoxy) is 2. The zero-order valence-corrected chi connectivity index (χ0v) is 12.0. The van der Waals surface area contributed by atoms with E-state index in [1.165, 1.54) is 6.08 Å². The molecule has 0 aliphatic carbocycles. The molecule has 0 fully saturated rings. The third-order valence-corrected chi connectivity index (χ3v) is 2.93. The van der Waals surface area contributed by atoms with Crippen molar-refractivity contribution in [2.75, 3.05) is 19.5 Å². The summed E-state index contributed by atoms with van der Waals surface area (Å²) in [6, 6.07) is 14.5. The number of carbonyl (C=O) groups excluding carboxylic acids is 1. The molecule has 21 heavy (non-hydrogen) atoms. The number of hydrogen-bond donors (Lipinski definition) is 1. The van der Waals surface area contributed by atoms with Crippen LogP contribution in [0.5, 0.6) is 11.5 Å². The third kappa shape index (κ3) is 3.86. The average molecular weight is 283 g/mol. The van der Waals surface area contributed by atoms with Gasteiger partial charge < -0.3 is 14.8 Å². The maximum atomic E-state index is 12.0. The van der Waals surface area contributed by atoms with Gasteiger partial charge in [-0.3, -0.25) is 4.79 Å². The number of ketones is 1. The van der Waals surface area contributed by atoms with Crippen molar-refractivity contribution in [2.45, 2.75) is 0 Å². The maximum Gasteiger partial charge on any atom is 0.187 e. The predicted molar refractivity (Wildman–Crippen MR) is 83.1 cm³/mol. The van der Waals surface area contributed by atoms with Gasteiger partial charge in [0.05, 0.1) is 19.9 Å². The number of hydrogen-bond acceptors (Lipinski definition) is 4. The van der Waals surface area contributed by atoms with Crippen molar-refractivity contribution >= 4 is 11.5 Å². The fourth-order valence-electron chi connectivity index (χ4n) is 1.84. The number of carbonyl (C=O) groups is 1. The van der Waals surface area contributed by atoms with Gasteiger partial charge in [-0.1, -0.05) is 24.3 Å². The molecule has 1 N–H and O–H groups in total. The Kier molecular flexibility index (Phi) is 4.99. The normalized spacial score (nSPS) is 10.4. The van der Waals surface area contributed by atoms with Crippen LogP contribution in [0.25, 0.3) is 0 Å². The number of anilines is 1. The van der Waals surface area contributed by atoms with Crippen LogP contribution in [-0.4, -0.2) is 20.0 Å². The number of benzene rings is 2. The van der Waals surface area contributed by atoms with Crippen molar-refractivity contribution in [2.24, 2.45) is 0 Å². The Labute approximate surface area is 124 Å². The summed E-state index contributed by atoms with van der Waals surface area (Å²) >= 11 is 0.